The van der Waals surface area contributed by atoms with Gasteiger partial charge in [-0.15, -0.1) is 0 Å². The van der Waals surface area contributed by atoms with Crippen LogP contribution in [0.15, 0.2) is 24.4 Å². The molecule has 2 rings (SSSR count). The molecule has 10 heteroatoms. The highest BCUT2D eigenvalue weighted by Crippen LogP contribution is 2.24. The van der Waals surface area contributed by atoms with Crippen molar-refractivity contribution in [3.05, 3.63) is 46.5 Å². The summed E-state index contributed by atoms with van der Waals surface area (Å²) in [6, 6.07) is 5.39. The van der Waals surface area contributed by atoms with Crippen molar-refractivity contribution >= 4 is 27.7 Å². The number of rotatable bonds is 10. The number of unbranched alkanes of at least 4 members (excludes halogenated alkanes) is 1. The van der Waals surface area contributed by atoms with Gasteiger partial charge in [0.2, 0.25) is 0 Å². The van der Waals surface area contributed by atoms with Crippen molar-refractivity contribution in [2.75, 3.05) is 13.2 Å². The molecular formula is C18H25ClN4O4S. The molecule has 0 fully saturated rings. The average Bonchev–Trinajstić information content (AvgIpc) is 2.98. The lowest BCUT2D eigenvalue weighted by atomic mass is 10.2. The molecule has 0 radical (unpaired) electrons. The van der Waals surface area contributed by atoms with E-state index in [-0.39, 0.29) is 12.2 Å². The second-order valence-electron chi connectivity index (χ2n) is 6.17. The number of hydrogen-bond donors (Lipinski definition) is 2. The molecule has 28 heavy (non-hydrogen) atoms. The average molecular weight is 429 g/mol. The third kappa shape index (κ3) is 6.22. The van der Waals surface area contributed by atoms with E-state index in [4.69, 9.17) is 16.3 Å². The zero-order valence-electron chi connectivity index (χ0n) is 16.2. The minimum absolute atomic E-state index is 0.0143. The molecule has 0 aliphatic carbocycles. The number of amides is 1. The van der Waals surface area contributed by atoms with Gasteiger partial charge >= 0.3 is 10.2 Å². The van der Waals surface area contributed by atoms with Gasteiger partial charge in [0, 0.05) is 17.8 Å². The fraction of sp³-hybridized carbons (Fsp3) is 0.444. The summed E-state index contributed by atoms with van der Waals surface area (Å²) in [4.78, 5) is 16.4. The fourth-order valence-corrected chi connectivity index (χ4v) is 3.53. The maximum atomic E-state index is 12.2. The Hall–Kier alpha value is -2.10. The zero-order valence-corrected chi connectivity index (χ0v) is 17.7. The number of halogens is 1. The molecule has 0 spiro atoms. The Morgan fingerprint density at radius 1 is 1.32 bits per heavy atom. The molecule has 0 saturated heterocycles. The second kappa shape index (κ2) is 9.90. The van der Waals surface area contributed by atoms with Crippen molar-refractivity contribution < 1.29 is 17.9 Å². The van der Waals surface area contributed by atoms with Crippen molar-refractivity contribution in [3.8, 4) is 5.75 Å². The summed E-state index contributed by atoms with van der Waals surface area (Å²) in [5.74, 6) is 0.453. The maximum absolute atomic E-state index is 12.2. The summed E-state index contributed by atoms with van der Waals surface area (Å²) in [7, 11) is -3.91. The normalized spacial score (nSPS) is 11.4. The highest BCUT2D eigenvalue weighted by atomic mass is 35.5. The molecule has 8 nitrogen and oxygen atoms in total. The van der Waals surface area contributed by atoms with E-state index < -0.39 is 16.1 Å². The Balaban J connectivity index is 2.09. The van der Waals surface area contributed by atoms with Crippen LogP contribution in [0.2, 0.25) is 5.02 Å². The third-order valence-corrected chi connectivity index (χ3v) is 5.32. The molecule has 2 N–H and O–H groups in total. The number of nitrogens with zero attached hydrogens (tertiary/aromatic N) is 2. The summed E-state index contributed by atoms with van der Waals surface area (Å²) in [6.45, 7) is 6.77. The van der Waals surface area contributed by atoms with E-state index in [1.54, 1.807) is 17.6 Å². The van der Waals surface area contributed by atoms with Gasteiger partial charge in [-0.25, -0.2) is 9.71 Å². The van der Waals surface area contributed by atoms with Crippen LogP contribution in [-0.2, 0) is 16.8 Å². The van der Waals surface area contributed by atoms with Crippen LogP contribution in [0.3, 0.4) is 0 Å². The SMILES string of the molecule is CCCCNS(=O)(=O)NC(=O)c1cn(Cc2ccc(OCC)cc2Cl)c(C)n1. The van der Waals surface area contributed by atoms with Crippen molar-refractivity contribution in [1.29, 1.82) is 0 Å². The van der Waals surface area contributed by atoms with E-state index in [1.165, 1.54) is 6.20 Å². The number of hydrogen-bond acceptors (Lipinski definition) is 5. The molecule has 1 amide bonds. The zero-order chi connectivity index (χ0) is 20.7. The quantitative estimate of drug-likeness (QED) is 0.566. The Morgan fingerprint density at radius 2 is 2.07 bits per heavy atom. The summed E-state index contributed by atoms with van der Waals surface area (Å²) in [5.41, 5.74) is 0.840. The molecule has 0 aliphatic heterocycles. The molecule has 0 atom stereocenters. The van der Waals surface area contributed by atoms with Gasteiger partial charge in [-0.2, -0.15) is 13.1 Å². The van der Waals surface area contributed by atoms with Crippen molar-refractivity contribution in [2.45, 2.75) is 40.2 Å². The topological polar surface area (TPSA) is 102 Å². The van der Waals surface area contributed by atoms with Gasteiger partial charge in [0.25, 0.3) is 5.91 Å². The lowest BCUT2D eigenvalue weighted by Gasteiger charge is -2.09. The van der Waals surface area contributed by atoms with Crippen LogP contribution in [0.5, 0.6) is 5.75 Å². The van der Waals surface area contributed by atoms with Gasteiger partial charge in [0.15, 0.2) is 0 Å². The van der Waals surface area contributed by atoms with Crippen LogP contribution in [0.1, 0.15) is 48.6 Å². The highest BCUT2D eigenvalue weighted by Gasteiger charge is 2.19. The fourth-order valence-electron chi connectivity index (χ4n) is 2.47. The van der Waals surface area contributed by atoms with E-state index in [0.29, 0.717) is 36.2 Å². The number of carbonyl (C=O) groups excluding carboxylic acids is 1. The first-order valence-corrected chi connectivity index (χ1v) is 10.9. The molecule has 1 heterocycles. The lowest BCUT2D eigenvalue weighted by Crippen LogP contribution is -2.40. The van der Waals surface area contributed by atoms with Gasteiger partial charge in [0.1, 0.15) is 17.3 Å². The summed E-state index contributed by atoms with van der Waals surface area (Å²) < 4.78 is 35.2. The number of aryl methyl sites for hydroxylation is 1. The highest BCUT2D eigenvalue weighted by molar-refractivity contribution is 7.88. The number of carbonyl (C=O) groups is 1. The van der Waals surface area contributed by atoms with Crippen LogP contribution in [-0.4, -0.2) is 37.0 Å². The number of benzene rings is 1. The van der Waals surface area contributed by atoms with E-state index in [0.717, 1.165) is 12.0 Å². The monoisotopic (exact) mass is 428 g/mol. The van der Waals surface area contributed by atoms with Crippen molar-refractivity contribution in [1.82, 2.24) is 19.0 Å². The van der Waals surface area contributed by atoms with Crippen LogP contribution in [0, 0.1) is 6.92 Å². The number of nitrogens with one attached hydrogen (secondary N) is 2. The summed E-state index contributed by atoms with van der Waals surface area (Å²) >= 11 is 6.30. The van der Waals surface area contributed by atoms with Crippen LogP contribution in [0.25, 0.3) is 0 Å². The maximum Gasteiger partial charge on any atom is 0.301 e. The van der Waals surface area contributed by atoms with Crippen LogP contribution >= 0.6 is 11.6 Å². The molecular weight excluding hydrogens is 404 g/mol. The molecule has 1 aromatic carbocycles. The summed E-state index contributed by atoms with van der Waals surface area (Å²) in [5, 5.41) is 0.535. The molecule has 154 valence electrons. The minimum atomic E-state index is -3.91. The Labute approximate surface area is 170 Å². The summed E-state index contributed by atoms with van der Waals surface area (Å²) in [6.07, 6.45) is 3.03. The van der Waals surface area contributed by atoms with Crippen LogP contribution < -0.4 is 14.2 Å². The van der Waals surface area contributed by atoms with Gasteiger partial charge < -0.3 is 9.30 Å². The Kier molecular flexibility index (Phi) is 7.85. The predicted molar refractivity (Wildman–Crippen MR) is 108 cm³/mol. The molecule has 0 aliphatic rings. The van der Waals surface area contributed by atoms with Gasteiger partial charge in [0.05, 0.1) is 13.2 Å². The molecule has 1 aromatic heterocycles. The van der Waals surface area contributed by atoms with E-state index in [9.17, 15) is 13.2 Å². The van der Waals surface area contributed by atoms with Crippen molar-refractivity contribution in [3.63, 3.8) is 0 Å². The molecule has 0 unspecified atom stereocenters. The largest absolute Gasteiger partial charge is 0.494 e. The standard InChI is InChI=1S/C18H25ClN4O4S/c1-4-6-9-20-28(25,26)22-18(24)17-12-23(13(3)21-17)11-14-7-8-15(27-5-2)10-16(14)19/h7-8,10,12,20H,4-6,9,11H2,1-3H3,(H,22,24). The van der Waals surface area contributed by atoms with Gasteiger partial charge in [-0.05, 0) is 38.0 Å². The predicted octanol–water partition coefficient (Wildman–Crippen LogP) is 2.66. The van der Waals surface area contributed by atoms with E-state index >= 15 is 0 Å². The van der Waals surface area contributed by atoms with Gasteiger partial charge in [-0.3, -0.25) is 4.79 Å². The van der Waals surface area contributed by atoms with Crippen LogP contribution in [0.4, 0.5) is 0 Å². The Bertz CT molecular complexity index is 928. The second-order valence-corrected chi connectivity index (χ2v) is 8.08. The number of aromatic nitrogens is 2. The molecule has 0 bridgehead atoms. The van der Waals surface area contributed by atoms with Crippen molar-refractivity contribution in [2.24, 2.45) is 0 Å². The first-order chi connectivity index (χ1) is 13.3. The van der Waals surface area contributed by atoms with E-state index in [1.807, 2.05) is 30.7 Å². The first-order valence-electron chi connectivity index (χ1n) is 9.02. The molecule has 0 saturated carbocycles. The number of imidazole rings is 1. The first kappa shape index (κ1) is 22.2. The molecule has 2 aromatic rings. The van der Waals surface area contributed by atoms with Gasteiger partial charge in [-0.1, -0.05) is 31.0 Å². The minimum Gasteiger partial charge on any atom is -0.494 e. The number of ether oxygens (including phenoxy) is 1. The Morgan fingerprint density at radius 3 is 2.71 bits per heavy atom. The third-order valence-electron chi connectivity index (χ3n) is 3.93. The smallest absolute Gasteiger partial charge is 0.301 e. The van der Waals surface area contributed by atoms with E-state index in [2.05, 4.69) is 9.71 Å². The lowest BCUT2D eigenvalue weighted by molar-refractivity contribution is 0.0976.